The van der Waals surface area contributed by atoms with E-state index in [9.17, 15) is 13.2 Å². The van der Waals surface area contributed by atoms with E-state index < -0.39 is 22.0 Å². The molecule has 0 heterocycles. The fraction of sp³-hybridized carbons (Fsp3) is 0.462. The molecule has 0 aliphatic heterocycles. The van der Waals surface area contributed by atoms with Gasteiger partial charge in [-0.05, 0) is 31.0 Å². The van der Waals surface area contributed by atoms with Gasteiger partial charge in [0.2, 0.25) is 10.0 Å². The van der Waals surface area contributed by atoms with Crippen molar-refractivity contribution in [3.63, 3.8) is 0 Å². The molecule has 0 amide bonds. The Hall–Kier alpha value is -0.920. The molecule has 112 valence electrons. The van der Waals surface area contributed by atoms with Gasteiger partial charge in [0.15, 0.2) is 0 Å². The van der Waals surface area contributed by atoms with Gasteiger partial charge in [-0.25, -0.2) is 8.42 Å². The second-order valence-electron chi connectivity index (χ2n) is 4.56. The first-order chi connectivity index (χ1) is 9.27. The van der Waals surface area contributed by atoms with Crippen LogP contribution in [0.5, 0.6) is 0 Å². The van der Waals surface area contributed by atoms with E-state index in [0.29, 0.717) is 16.5 Å². The molecule has 0 unspecified atom stereocenters. The van der Waals surface area contributed by atoms with Crippen LogP contribution >= 0.6 is 15.9 Å². The molecule has 5 nitrogen and oxygen atoms in total. The maximum absolute atomic E-state index is 12.3. The third kappa shape index (κ3) is 4.57. The molecule has 0 fully saturated rings. The normalized spacial score (nSPS) is 13.2. The van der Waals surface area contributed by atoms with Crippen molar-refractivity contribution in [1.82, 2.24) is 4.72 Å². The number of aliphatic carboxylic acids is 1. The third-order valence-electron chi connectivity index (χ3n) is 2.88. The molecule has 0 aliphatic rings. The Balaban J connectivity index is 3.03. The van der Waals surface area contributed by atoms with E-state index >= 15 is 0 Å². The highest BCUT2D eigenvalue weighted by atomic mass is 79.9. The summed E-state index contributed by atoms with van der Waals surface area (Å²) in [6.07, 6.45) is 1.73. The Morgan fingerprint density at radius 1 is 1.45 bits per heavy atom. The van der Waals surface area contributed by atoms with Crippen LogP contribution in [0.2, 0.25) is 0 Å². The summed E-state index contributed by atoms with van der Waals surface area (Å²) < 4.78 is 27.5. The highest BCUT2D eigenvalue weighted by Crippen LogP contribution is 2.21. The van der Waals surface area contributed by atoms with E-state index in [2.05, 4.69) is 20.7 Å². The van der Waals surface area contributed by atoms with Crippen LogP contribution in [0.25, 0.3) is 0 Å². The van der Waals surface area contributed by atoms with Gasteiger partial charge >= 0.3 is 5.97 Å². The molecule has 0 bridgehead atoms. The molecule has 20 heavy (non-hydrogen) atoms. The number of nitrogens with one attached hydrogen (secondary N) is 1. The Kier molecular flexibility index (Phi) is 6.16. The van der Waals surface area contributed by atoms with Crippen molar-refractivity contribution in [1.29, 1.82) is 0 Å². The topological polar surface area (TPSA) is 83.5 Å². The predicted molar refractivity (Wildman–Crippen MR) is 80.1 cm³/mol. The number of sulfonamides is 1. The quantitative estimate of drug-likeness (QED) is 0.779. The Morgan fingerprint density at radius 2 is 2.10 bits per heavy atom. The van der Waals surface area contributed by atoms with Crippen molar-refractivity contribution in [2.24, 2.45) is 0 Å². The SMILES string of the molecule is CCCC[C@H](NS(=O)(=O)c1cc(Br)ccc1C)C(=O)O. The number of hydrogen-bond acceptors (Lipinski definition) is 3. The maximum Gasteiger partial charge on any atom is 0.321 e. The fourth-order valence-corrected chi connectivity index (χ4v) is 3.76. The maximum atomic E-state index is 12.3. The van der Waals surface area contributed by atoms with Gasteiger partial charge < -0.3 is 5.11 Å². The second kappa shape index (κ2) is 7.19. The summed E-state index contributed by atoms with van der Waals surface area (Å²) >= 11 is 3.22. The third-order valence-corrected chi connectivity index (χ3v) is 4.99. The molecular weight excluding hydrogens is 346 g/mol. The number of hydrogen-bond donors (Lipinski definition) is 2. The molecule has 7 heteroatoms. The number of unbranched alkanes of at least 4 members (excludes halogenated alkanes) is 1. The predicted octanol–water partition coefficient (Wildman–Crippen LogP) is 2.68. The van der Waals surface area contributed by atoms with Gasteiger partial charge in [0.1, 0.15) is 6.04 Å². The summed E-state index contributed by atoms with van der Waals surface area (Å²) in [5.41, 5.74) is 0.570. The van der Waals surface area contributed by atoms with Crippen molar-refractivity contribution in [2.75, 3.05) is 0 Å². The molecule has 0 saturated heterocycles. The highest BCUT2D eigenvalue weighted by Gasteiger charge is 2.26. The van der Waals surface area contributed by atoms with Crippen LogP contribution in [-0.4, -0.2) is 25.5 Å². The van der Waals surface area contributed by atoms with Crippen molar-refractivity contribution < 1.29 is 18.3 Å². The zero-order valence-electron chi connectivity index (χ0n) is 11.4. The minimum Gasteiger partial charge on any atom is -0.480 e. The molecule has 1 aromatic carbocycles. The van der Waals surface area contributed by atoms with E-state index in [1.165, 1.54) is 6.07 Å². The lowest BCUT2D eigenvalue weighted by molar-refractivity contribution is -0.139. The summed E-state index contributed by atoms with van der Waals surface area (Å²) in [7, 11) is -3.85. The van der Waals surface area contributed by atoms with Crippen molar-refractivity contribution in [2.45, 2.75) is 44.0 Å². The molecule has 0 saturated carbocycles. The number of aryl methyl sites for hydroxylation is 1. The average Bonchev–Trinajstić information content (AvgIpc) is 2.36. The largest absolute Gasteiger partial charge is 0.480 e. The average molecular weight is 364 g/mol. The van der Waals surface area contributed by atoms with Crippen LogP contribution in [0.3, 0.4) is 0 Å². The molecule has 0 aliphatic carbocycles. The first-order valence-electron chi connectivity index (χ1n) is 6.29. The molecule has 1 atom stereocenters. The van der Waals surface area contributed by atoms with Crippen LogP contribution in [0, 0.1) is 6.92 Å². The minimum absolute atomic E-state index is 0.0922. The lowest BCUT2D eigenvalue weighted by Gasteiger charge is -2.15. The summed E-state index contributed by atoms with van der Waals surface area (Å²) in [5, 5.41) is 9.10. The van der Waals surface area contributed by atoms with Crippen molar-refractivity contribution in [3.8, 4) is 0 Å². The zero-order chi connectivity index (χ0) is 15.3. The standard InChI is InChI=1S/C13H18BrNO4S/c1-3-4-5-11(13(16)17)15-20(18,19)12-8-10(14)7-6-9(12)2/h6-8,11,15H,3-5H2,1-2H3,(H,16,17)/t11-/m0/s1. The minimum atomic E-state index is -3.85. The van der Waals surface area contributed by atoms with Gasteiger partial charge in [-0.3, -0.25) is 4.79 Å². The first-order valence-corrected chi connectivity index (χ1v) is 8.57. The van der Waals surface area contributed by atoms with Crippen LogP contribution < -0.4 is 4.72 Å². The summed E-state index contributed by atoms with van der Waals surface area (Å²) in [6.45, 7) is 3.59. The van der Waals surface area contributed by atoms with E-state index in [4.69, 9.17) is 5.11 Å². The monoisotopic (exact) mass is 363 g/mol. The van der Waals surface area contributed by atoms with Crippen LogP contribution in [0.1, 0.15) is 31.7 Å². The molecule has 0 radical (unpaired) electrons. The Morgan fingerprint density at radius 3 is 2.65 bits per heavy atom. The number of rotatable bonds is 7. The van der Waals surface area contributed by atoms with Gasteiger partial charge in [-0.1, -0.05) is 41.8 Å². The summed E-state index contributed by atoms with van der Waals surface area (Å²) in [4.78, 5) is 11.2. The number of carboxylic acid groups (broad SMARTS) is 1. The van der Waals surface area contributed by atoms with Crippen molar-refractivity contribution >= 4 is 31.9 Å². The highest BCUT2D eigenvalue weighted by molar-refractivity contribution is 9.10. The van der Waals surface area contributed by atoms with Crippen LogP contribution in [-0.2, 0) is 14.8 Å². The van der Waals surface area contributed by atoms with E-state index in [-0.39, 0.29) is 11.3 Å². The first kappa shape index (κ1) is 17.1. The Bertz CT molecular complexity index is 586. The van der Waals surface area contributed by atoms with Crippen molar-refractivity contribution in [3.05, 3.63) is 28.2 Å². The molecule has 0 spiro atoms. The molecular formula is C13H18BrNO4S. The smallest absolute Gasteiger partial charge is 0.321 e. The van der Waals surface area contributed by atoms with Gasteiger partial charge in [0, 0.05) is 4.47 Å². The summed E-state index contributed by atoms with van der Waals surface area (Å²) in [5.74, 6) is -1.16. The zero-order valence-corrected chi connectivity index (χ0v) is 13.8. The van der Waals surface area contributed by atoms with Crippen LogP contribution in [0.4, 0.5) is 0 Å². The van der Waals surface area contributed by atoms with Gasteiger partial charge in [0.25, 0.3) is 0 Å². The number of halogens is 1. The molecule has 2 N–H and O–H groups in total. The molecule has 1 rings (SSSR count). The van der Waals surface area contributed by atoms with Gasteiger partial charge in [0.05, 0.1) is 4.90 Å². The lowest BCUT2D eigenvalue weighted by atomic mass is 10.1. The Labute approximate surface area is 127 Å². The fourth-order valence-electron chi connectivity index (χ4n) is 1.76. The number of benzene rings is 1. The number of carboxylic acids is 1. The van der Waals surface area contributed by atoms with E-state index in [1.807, 2.05) is 6.92 Å². The second-order valence-corrected chi connectivity index (χ2v) is 7.16. The molecule has 0 aromatic heterocycles. The van der Waals surface area contributed by atoms with Crippen LogP contribution in [0.15, 0.2) is 27.6 Å². The molecule has 1 aromatic rings. The van der Waals surface area contributed by atoms with E-state index in [0.717, 1.165) is 6.42 Å². The van der Waals surface area contributed by atoms with E-state index in [1.54, 1.807) is 19.1 Å². The number of carbonyl (C=O) groups is 1. The summed E-state index contributed by atoms with van der Waals surface area (Å²) in [6, 6.07) is 3.77. The lowest BCUT2D eigenvalue weighted by Crippen LogP contribution is -2.40. The van der Waals surface area contributed by atoms with Gasteiger partial charge in [-0.15, -0.1) is 0 Å². The van der Waals surface area contributed by atoms with Gasteiger partial charge in [-0.2, -0.15) is 4.72 Å².